The van der Waals surface area contributed by atoms with Gasteiger partial charge >= 0.3 is 5.97 Å². The molecule has 1 heterocycles. The summed E-state index contributed by atoms with van der Waals surface area (Å²) in [6.07, 6.45) is 6.04. The monoisotopic (exact) mass is 253 g/mol. The maximum absolute atomic E-state index is 10.6. The van der Waals surface area contributed by atoms with Crippen molar-refractivity contribution in [3.05, 3.63) is 5.82 Å². The van der Waals surface area contributed by atoms with Gasteiger partial charge in [0.25, 0.3) is 0 Å². The lowest BCUT2D eigenvalue weighted by Gasteiger charge is -2.25. The minimum atomic E-state index is -0.800. The number of carbonyl (C=O) groups is 1. The molecule has 6 heteroatoms. The van der Waals surface area contributed by atoms with Gasteiger partial charge in [-0.2, -0.15) is 0 Å². The summed E-state index contributed by atoms with van der Waals surface area (Å²) in [5.41, 5.74) is 0. The van der Waals surface area contributed by atoms with E-state index in [0.717, 1.165) is 11.0 Å². The predicted octanol–water partition coefficient (Wildman–Crippen LogP) is 2.06. The lowest BCUT2D eigenvalue weighted by molar-refractivity contribution is -0.133. The Morgan fingerprint density at radius 1 is 1.35 bits per heavy atom. The van der Waals surface area contributed by atoms with E-state index in [1.165, 1.54) is 43.9 Å². The number of aliphatic carboxylic acids is 1. The summed E-state index contributed by atoms with van der Waals surface area (Å²) in [4.78, 5) is 10.6. The maximum Gasteiger partial charge on any atom is 0.313 e. The molecule has 0 atom stereocenters. The van der Waals surface area contributed by atoms with Crippen LogP contribution >= 0.6 is 11.8 Å². The lowest BCUT2D eigenvalue weighted by Crippen LogP contribution is -2.15. The van der Waals surface area contributed by atoms with Gasteiger partial charge in [0.2, 0.25) is 0 Å². The van der Waals surface area contributed by atoms with Gasteiger partial charge in [0.1, 0.15) is 5.82 Å². The Bertz CT molecular complexity index is 438. The Balaban J connectivity index is 1.82. The second-order valence-electron chi connectivity index (χ2n) is 4.75. The summed E-state index contributed by atoms with van der Waals surface area (Å²) >= 11 is 1.29. The second-order valence-corrected chi connectivity index (χ2v) is 5.69. The standard InChI is InChI=1S/C11H15N3O2S/c15-9(16)6-17-11-13-12-10(7-2-1-3-7)14(11)8-4-5-8/h7-8H,1-6H2,(H,15,16). The summed E-state index contributed by atoms with van der Waals surface area (Å²) in [5, 5.41) is 17.9. The van der Waals surface area contributed by atoms with Gasteiger partial charge < -0.3 is 9.67 Å². The zero-order valence-electron chi connectivity index (χ0n) is 9.50. The average molecular weight is 253 g/mol. The molecule has 1 N–H and O–H groups in total. The molecular weight excluding hydrogens is 238 g/mol. The first-order valence-corrected chi connectivity index (χ1v) is 7.03. The Labute approximate surface area is 104 Å². The minimum absolute atomic E-state index is 0.0650. The van der Waals surface area contributed by atoms with Gasteiger partial charge in [-0.15, -0.1) is 10.2 Å². The zero-order chi connectivity index (χ0) is 11.8. The van der Waals surface area contributed by atoms with Crippen LogP contribution in [0.3, 0.4) is 0 Å². The van der Waals surface area contributed by atoms with Crippen molar-refractivity contribution in [2.45, 2.75) is 49.2 Å². The van der Waals surface area contributed by atoms with Crippen molar-refractivity contribution >= 4 is 17.7 Å². The van der Waals surface area contributed by atoms with Crippen molar-refractivity contribution in [3.63, 3.8) is 0 Å². The topological polar surface area (TPSA) is 68.0 Å². The minimum Gasteiger partial charge on any atom is -0.481 e. The zero-order valence-corrected chi connectivity index (χ0v) is 10.3. The third-order valence-electron chi connectivity index (χ3n) is 3.40. The molecule has 2 saturated carbocycles. The van der Waals surface area contributed by atoms with Gasteiger partial charge in [-0.3, -0.25) is 4.79 Å². The normalized spacial score (nSPS) is 20.2. The number of carboxylic acid groups (broad SMARTS) is 1. The van der Waals surface area contributed by atoms with Crippen molar-refractivity contribution in [3.8, 4) is 0 Å². The predicted molar refractivity (Wildman–Crippen MR) is 63.2 cm³/mol. The molecule has 0 unspecified atom stereocenters. The number of rotatable bonds is 5. The number of carboxylic acids is 1. The first-order valence-electron chi connectivity index (χ1n) is 6.05. The first-order chi connectivity index (χ1) is 8.25. The van der Waals surface area contributed by atoms with E-state index in [2.05, 4.69) is 14.8 Å². The van der Waals surface area contributed by atoms with Gasteiger partial charge in [-0.25, -0.2) is 0 Å². The van der Waals surface area contributed by atoms with E-state index in [4.69, 9.17) is 5.11 Å². The molecule has 0 saturated heterocycles. The van der Waals surface area contributed by atoms with Crippen LogP contribution in [0.4, 0.5) is 0 Å². The van der Waals surface area contributed by atoms with Crippen LogP contribution in [-0.4, -0.2) is 31.6 Å². The van der Waals surface area contributed by atoms with E-state index >= 15 is 0 Å². The van der Waals surface area contributed by atoms with Crippen molar-refractivity contribution in [1.29, 1.82) is 0 Å². The van der Waals surface area contributed by atoms with Gasteiger partial charge in [-0.1, -0.05) is 18.2 Å². The highest BCUT2D eigenvalue weighted by Gasteiger charge is 2.34. The molecule has 2 fully saturated rings. The van der Waals surface area contributed by atoms with Crippen molar-refractivity contribution in [1.82, 2.24) is 14.8 Å². The Hall–Kier alpha value is -1.04. The van der Waals surface area contributed by atoms with E-state index in [9.17, 15) is 4.79 Å². The molecule has 0 aliphatic heterocycles. The molecule has 1 aromatic heterocycles. The quantitative estimate of drug-likeness (QED) is 0.813. The van der Waals surface area contributed by atoms with Crippen LogP contribution < -0.4 is 0 Å². The van der Waals surface area contributed by atoms with Crippen molar-refractivity contribution in [2.75, 3.05) is 5.75 Å². The molecule has 0 aromatic carbocycles. The van der Waals surface area contributed by atoms with Crippen LogP contribution in [0.15, 0.2) is 5.16 Å². The van der Waals surface area contributed by atoms with E-state index in [-0.39, 0.29) is 5.75 Å². The Morgan fingerprint density at radius 2 is 2.12 bits per heavy atom. The molecule has 3 rings (SSSR count). The van der Waals surface area contributed by atoms with Gasteiger partial charge in [-0.05, 0) is 25.7 Å². The number of thioether (sulfide) groups is 1. The largest absolute Gasteiger partial charge is 0.481 e. The highest BCUT2D eigenvalue weighted by atomic mass is 32.2. The fourth-order valence-electron chi connectivity index (χ4n) is 2.13. The summed E-state index contributed by atoms with van der Waals surface area (Å²) in [7, 11) is 0. The fraction of sp³-hybridized carbons (Fsp3) is 0.727. The average Bonchev–Trinajstić information content (AvgIpc) is 2.96. The van der Waals surface area contributed by atoms with E-state index in [1.807, 2.05) is 0 Å². The molecule has 1 aromatic rings. The second kappa shape index (κ2) is 4.33. The number of hydrogen-bond acceptors (Lipinski definition) is 4. The van der Waals surface area contributed by atoms with E-state index in [1.54, 1.807) is 0 Å². The summed E-state index contributed by atoms with van der Waals surface area (Å²) < 4.78 is 2.19. The number of nitrogens with zero attached hydrogens (tertiary/aromatic N) is 3. The Kier molecular flexibility index (Phi) is 2.82. The molecule has 2 aliphatic carbocycles. The van der Waals surface area contributed by atoms with Crippen molar-refractivity contribution in [2.24, 2.45) is 0 Å². The van der Waals surface area contributed by atoms with Gasteiger partial charge in [0.05, 0.1) is 5.75 Å². The van der Waals surface area contributed by atoms with Crippen LogP contribution in [0.1, 0.15) is 49.9 Å². The number of hydrogen-bond donors (Lipinski definition) is 1. The molecule has 92 valence electrons. The molecule has 0 amide bonds. The summed E-state index contributed by atoms with van der Waals surface area (Å²) in [6.45, 7) is 0. The third kappa shape index (κ3) is 2.18. The Morgan fingerprint density at radius 3 is 2.65 bits per heavy atom. The molecule has 0 bridgehead atoms. The molecule has 0 radical (unpaired) electrons. The van der Waals surface area contributed by atoms with Crippen LogP contribution in [0.2, 0.25) is 0 Å². The van der Waals surface area contributed by atoms with Crippen LogP contribution in [0.5, 0.6) is 0 Å². The fourth-order valence-corrected chi connectivity index (χ4v) is 2.87. The van der Waals surface area contributed by atoms with E-state index < -0.39 is 5.97 Å². The van der Waals surface area contributed by atoms with Crippen LogP contribution in [0, 0.1) is 0 Å². The molecule has 17 heavy (non-hydrogen) atoms. The SMILES string of the molecule is O=C(O)CSc1nnc(C2CCC2)n1C1CC1. The lowest BCUT2D eigenvalue weighted by atomic mass is 9.85. The molecule has 2 aliphatic rings. The summed E-state index contributed by atoms with van der Waals surface area (Å²) in [6, 6.07) is 0.525. The molecule has 5 nitrogen and oxygen atoms in total. The number of aromatic nitrogens is 3. The van der Waals surface area contributed by atoms with E-state index in [0.29, 0.717) is 12.0 Å². The smallest absolute Gasteiger partial charge is 0.313 e. The van der Waals surface area contributed by atoms with Gasteiger partial charge in [0.15, 0.2) is 5.16 Å². The highest BCUT2D eigenvalue weighted by Crippen LogP contribution is 2.43. The maximum atomic E-state index is 10.6. The molecular formula is C11H15N3O2S. The van der Waals surface area contributed by atoms with Crippen LogP contribution in [-0.2, 0) is 4.79 Å². The first kappa shape index (κ1) is 11.1. The van der Waals surface area contributed by atoms with Crippen LogP contribution in [0.25, 0.3) is 0 Å². The molecule has 0 spiro atoms. The highest BCUT2D eigenvalue weighted by molar-refractivity contribution is 7.99. The third-order valence-corrected chi connectivity index (χ3v) is 4.33. The van der Waals surface area contributed by atoms with Gasteiger partial charge in [0, 0.05) is 12.0 Å². The summed E-state index contributed by atoms with van der Waals surface area (Å²) in [5.74, 6) is 0.912. The van der Waals surface area contributed by atoms with Crippen molar-refractivity contribution < 1.29 is 9.90 Å².